The van der Waals surface area contributed by atoms with E-state index in [0.717, 1.165) is 47.8 Å². The molecule has 0 aliphatic carbocycles. The molecule has 1 aliphatic heterocycles. The molecule has 3 aromatic carbocycles. The second kappa shape index (κ2) is 8.29. The Hall–Kier alpha value is -3.78. The highest BCUT2D eigenvalue weighted by Gasteiger charge is 2.20. The lowest BCUT2D eigenvalue weighted by molar-refractivity contribution is 0.102. The molecule has 0 saturated heterocycles. The molecule has 6 nitrogen and oxygen atoms in total. The van der Waals surface area contributed by atoms with Crippen LogP contribution >= 0.6 is 0 Å². The minimum Gasteiger partial charge on any atom is -0.398 e. The lowest BCUT2D eigenvalue weighted by atomic mass is 9.96. The Bertz CT molecular complexity index is 1360. The number of benzene rings is 3. The topological polar surface area (TPSA) is 87.0 Å². The van der Waals surface area contributed by atoms with Crippen molar-refractivity contribution in [3.63, 3.8) is 0 Å². The monoisotopic (exact) mass is 447 g/mol. The van der Waals surface area contributed by atoms with Crippen LogP contribution in [0.25, 0.3) is 10.9 Å². The summed E-state index contributed by atoms with van der Waals surface area (Å²) >= 11 is 0. The number of amides is 1. The summed E-state index contributed by atoms with van der Waals surface area (Å²) in [5.74, 6) is -1.19. The van der Waals surface area contributed by atoms with Crippen LogP contribution in [-0.2, 0) is 19.4 Å². The maximum atomic E-state index is 13.5. The van der Waals surface area contributed by atoms with Crippen molar-refractivity contribution in [1.82, 2.24) is 15.1 Å². The summed E-state index contributed by atoms with van der Waals surface area (Å²) in [6, 6.07) is 12.7. The van der Waals surface area contributed by atoms with E-state index in [9.17, 15) is 13.6 Å². The Balaban J connectivity index is 1.41. The molecule has 1 aliphatic rings. The van der Waals surface area contributed by atoms with E-state index in [0.29, 0.717) is 34.4 Å². The number of H-pyrrole nitrogens is 1. The first-order valence-corrected chi connectivity index (χ1v) is 10.7. The molecule has 168 valence electrons. The molecule has 8 heteroatoms. The number of rotatable bonds is 4. The molecule has 0 fully saturated rings. The van der Waals surface area contributed by atoms with Gasteiger partial charge < -0.3 is 16.0 Å². The summed E-state index contributed by atoms with van der Waals surface area (Å²) in [5.41, 5.74) is 11.4. The summed E-state index contributed by atoms with van der Waals surface area (Å²) < 4.78 is 27.1. The Morgan fingerprint density at radius 3 is 2.67 bits per heavy atom. The fraction of sp³-hybridized carbons (Fsp3) is 0.200. The van der Waals surface area contributed by atoms with Crippen molar-refractivity contribution in [2.24, 2.45) is 0 Å². The van der Waals surface area contributed by atoms with Gasteiger partial charge in [-0.05, 0) is 78.5 Å². The van der Waals surface area contributed by atoms with Gasteiger partial charge in [-0.25, -0.2) is 8.78 Å². The third-order valence-corrected chi connectivity index (χ3v) is 6.01. The minimum absolute atomic E-state index is 0.333. The third kappa shape index (κ3) is 4.29. The summed E-state index contributed by atoms with van der Waals surface area (Å²) in [6.45, 7) is 1.74. The van der Waals surface area contributed by atoms with Crippen molar-refractivity contribution < 1.29 is 13.6 Å². The Kier molecular flexibility index (Phi) is 5.30. The number of anilines is 2. The van der Waals surface area contributed by atoms with Crippen molar-refractivity contribution in [1.29, 1.82) is 0 Å². The van der Waals surface area contributed by atoms with E-state index < -0.39 is 11.6 Å². The van der Waals surface area contributed by atoms with Crippen LogP contribution in [0.4, 0.5) is 20.3 Å². The van der Waals surface area contributed by atoms with E-state index in [1.807, 2.05) is 30.3 Å². The second-order valence-electron chi connectivity index (χ2n) is 8.56. The van der Waals surface area contributed by atoms with Crippen molar-refractivity contribution in [2.45, 2.75) is 19.4 Å². The van der Waals surface area contributed by atoms with E-state index in [1.54, 1.807) is 0 Å². The highest BCUT2D eigenvalue weighted by atomic mass is 19.1. The average molecular weight is 447 g/mol. The van der Waals surface area contributed by atoms with Crippen molar-refractivity contribution in [3.8, 4) is 0 Å². The fourth-order valence-electron chi connectivity index (χ4n) is 4.36. The molecule has 2 heterocycles. The number of nitrogens with two attached hydrogens (primary N) is 1. The molecule has 5 rings (SSSR count). The van der Waals surface area contributed by atoms with Gasteiger partial charge in [0, 0.05) is 30.2 Å². The minimum atomic E-state index is -0.614. The molecule has 0 radical (unpaired) electrons. The first kappa shape index (κ1) is 21.1. The quantitative estimate of drug-likeness (QED) is 0.408. The largest absolute Gasteiger partial charge is 0.398 e. The molecule has 1 amide bonds. The van der Waals surface area contributed by atoms with Crippen LogP contribution in [0.15, 0.2) is 48.5 Å². The van der Waals surface area contributed by atoms with Gasteiger partial charge in [-0.15, -0.1) is 0 Å². The molecule has 4 aromatic rings. The van der Waals surface area contributed by atoms with Gasteiger partial charge in [0.25, 0.3) is 5.91 Å². The van der Waals surface area contributed by atoms with Crippen LogP contribution in [0.1, 0.15) is 32.6 Å². The number of carbonyl (C=O) groups excluding carboxylic acids is 1. The molecule has 4 N–H and O–H groups in total. The third-order valence-electron chi connectivity index (χ3n) is 6.01. The lowest BCUT2D eigenvalue weighted by Crippen LogP contribution is -2.27. The standard InChI is InChI=1S/C25H23F2N5O/c1-32-5-4-16-10-20(22(28)11-17(16)13-32)25(33)29-24-21-9-14(2-3-23(21)30-31-24)6-15-7-18(26)12-19(27)8-15/h2-3,7-12H,4-6,13,28H2,1H3,(H2,29,30,31,33). The highest BCUT2D eigenvalue weighted by Crippen LogP contribution is 2.27. The number of carbonyl (C=O) groups is 1. The molecule has 0 spiro atoms. The van der Waals surface area contributed by atoms with Crippen LogP contribution in [0.2, 0.25) is 0 Å². The fourth-order valence-corrected chi connectivity index (χ4v) is 4.36. The Morgan fingerprint density at radius 1 is 1.09 bits per heavy atom. The normalized spacial score (nSPS) is 13.8. The van der Waals surface area contributed by atoms with Crippen molar-refractivity contribution >= 4 is 28.3 Å². The zero-order valence-corrected chi connectivity index (χ0v) is 18.1. The molecular weight excluding hydrogens is 424 g/mol. The maximum absolute atomic E-state index is 13.5. The molecule has 0 bridgehead atoms. The highest BCUT2D eigenvalue weighted by molar-refractivity contribution is 6.10. The maximum Gasteiger partial charge on any atom is 0.258 e. The number of hydrogen-bond acceptors (Lipinski definition) is 4. The van der Waals surface area contributed by atoms with E-state index >= 15 is 0 Å². The van der Waals surface area contributed by atoms with Gasteiger partial charge in [-0.2, -0.15) is 5.10 Å². The molecule has 1 aromatic heterocycles. The number of likely N-dealkylation sites (N-methyl/N-ethyl adjacent to an activating group) is 1. The summed E-state index contributed by atoms with van der Waals surface area (Å²) in [7, 11) is 2.06. The van der Waals surface area contributed by atoms with E-state index in [2.05, 4.69) is 27.5 Å². The predicted octanol–water partition coefficient (Wildman–Crippen LogP) is 4.25. The first-order chi connectivity index (χ1) is 15.9. The SMILES string of the molecule is CN1CCc2cc(C(=O)Nc3n[nH]c4ccc(Cc5cc(F)cc(F)c5)cc34)c(N)cc2C1. The zero-order chi connectivity index (χ0) is 23.1. The number of aromatic nitrogens is 2. The van der Waals surface area contributed by atoms with Crippen LogP contribution in [0, 0.1) is 11.6 Å². The molecule has 0 saturated carbocycles. The molecule has 0 atom stereocenters. The van der Waals surface area contributed by atoms with Crippen molar-refractivity contribution in [3.05, 3.63) is 88.0 Å². The Labute approximate surface area is 189 Å². The number of aromatic amines is 1. The molecule has 0 unspecified atom stereocenters. The van der Waals surface area contributed by atoms with E-state index in [4.69, 9.17) is 5.73 Å². The first-order valence-electron chi connectivity index (χ1n) is 10.7. The van der Waals surface area contributed by atoms with Gasteiger partial charge in [-0.1, -0.05) is 6.07 Å². The van der Waals surface area contributed by atoms with Gasteiger partial charge in [0.05, 0.1) is 11.1 Å². The number of nitrogens with one attached hydrogen (secondary N) is 2. The van der Waals surface area contributed by atoms with Crippen LogP contribution < -0.4 is 11.1 Å². The van der Waals surface area contributed by atoms with Crippen molar-refractivity contribution in [2.75, 3.05) is 24.6 Å². The van der Waals surface area contributed by atoms with Gasteiger partial charge >= 0.3 is 0 Å². The lowest BCUT2D eigenvalue weighted by Gasteiger charge is -2.25. The second-order valence-corrected chi connectivity index (χ2v) is 8.56. The van der Waals surface area contributed by atoms with Gasteiger partial charge in [0.1, 0.15) is 11.6 Å². The number of halogens is 2. The number of fused-ring (bicyclic) bond motifs is 2. The Morgan fingerprint density at radius 2 is 1.88 bits per heavy atom. The molecule has 33 heavy (non-hydrogen) atoms. The smallest absolute Gasteiger partial charge is 0.258 e. The van der Waals surface area contributed by atoms with Gasteiger partial charge in [-0.3, -0.25) is 9.89 Å². The number of hydrogen-bond donors (Lipinski definition) is 3. The van der Waals surface area contributed by atoms with Gasteiger partial charge in [0.2, 0.25) is 0 Å². The summed E-state index contributed by atoms with van der Waals surface area (Å²) in [5, 5.41) is 10.7. The van der Waals surface area contributed by atoms with E-state index in [-0.39, 0.29) is 5.91 Å². The van der Waals surface area contributed by atoms with Crippen LogP contribution in [-0.4, -0.2) is 34.6 Å². The predicted molar refractivity (Wildman–Crippen MR) is 124 cm³/mol. The summed E-state index contributed by atoms with van der Waals surface area (Å²) in [4.78, 5) is 15.3. The van der Waals surface area contributed by atoms with E-state index in [1.165, 1.54) is 12.1 Å². The van der Waals surface area contributed by atoms with Crippen LogP contribution in [0.5, 0.6) is 0 Å². The van der Waals surface area contributed by atoms with Gasteiger partial charge in [0.15, 0.2) is 5.82 Å². The molecular formula is C25H23F2N5O. The number of nitrogen functional groups attached to an aromatic ring is 1. The number of nitrogens with zero attached hydrogens (tertiary/aromatic N) is 2. The van der Waals surface area contributed by atoms with Crippen LogP contribution in [0.3, 0.4) is 0 Å². The summed E-state index contributed by atoms with van der Waals surface area (Å²) in [6.07, 6.45) is 1.21. The average Bonchev–Trinajstić information content (AvgIpc) is 3.14. The zero-order valence-electron chi connectivity index (χ0n) is 18.1.